The van der Waals surface area contributed by atoms with Crippen molar-refractivity contribution in [3.63, 3.8) is 0 Å². The van der Waals surface area contributed by atoms with Crippen molar-refractivity contribution in [3.05, 3.63) is 63.5 Å². The highest BCUT2D eigenvalue weighted by atomic mass is 32.1. The van der Waals surface area contributed by atoms with Crippen LogP contribution in [0.3, 0.4) is 0 Å². The molecule has 0 aliphatic rings. The number of rotatable bonds is 6. The third kappa shape index (κ3) is 3.66. The topological polar surface area (TPSA) is 40.9 Å². The lowest BCUT2D eigenvalue weighted by molar-refractivity contribution is 0.268. The fraction of sp³-hybridized carbons (Fsp3) is 0.333. The lowest BCUT2D eigenvalue weighted by Gasteiger charge is -2.20. The first-order valence-corrected chi connectivity index (χ1v) is 8.89. The molecule has 2 aromatic heterocycles. The summed E-state index contributed by atoms with van der Waals surface area (Å²) in [5.41, 5.74) is 3.27. The minimum Gasteiger partial charge on any atom is -0.378 e. The Morgan fingerprint density at radius 2 is 1.92 bits per heavy atom. The van der Waals surface area contributed by atoms with E-state index in [4.69, 9.17) is 0 Å². The molecule has 0 bridgehead atoms. The van der Waals surface area contributed by atoms with Gasteiger partial charge >= 0.3 is 0 Å². The van der Waals surface area contributed by atoms with Crippen LogP contribution in [0.1, 0.15) is 18.2 Å². The number of hydrogen-bond acceptors (Lipinski definition) is 5. The third-order valence-electron chi connectivity index (χ3n) is 4.05. The molecule has 0 unspecified atom stereocenters. The van der Waals surface area contributed by atoms with Gasteiger partial charge in [0.15, 0.2) is 4.96 Å². The molecule has 6 heteroatoms. The van der Waals surface area contributed by atoms with E-state index in [1.807, 2.05) is 19.5 Å². The average Bonchev–Trinajstić information content (AvgIpc) is 3.03. The summed E-state index contributed by atoms with van der Waals surface area (Å²) in [6.07, 6.45) is 1.77. The van der Waals surface area contributed by atoms with Gasteiger partial charge in [-0.2, -0.15) is 0 Å². The van der Waals surface area contributed by atoms with E-state index in [1.54, 1.807) is 16.7 Å². The van der Waals surface area contributed by atoms with Gasteiger partial charge in [0, 0.05) is 50.5 Å². The lowest BCUT2D eigenvalue weighted by Crippen LogP contribution is -2.24. The van der Waals surface area contributed by atoms with Gasteiger partial charge in [-0.05, 0) is 24.2 Å². The largest absolute Gasteiger partial charge is 0.378 e. The molecule has 0 radical (unpaired) electrons. The number of nitrogens with zero attached hydrogens (tertiary/aromatic N) is 4. The van der Waals surface area contributed by atoms with Crippen LogP contribution >= 0.6 is 11.3 Å². The van der Waals surface area contributed by atoms with Crippen LogP contribution in [0.2, 0.25) is 0 Å². The standard InChI is InChI=1S/C18H22N4OS/c1-4-21(12-14-5-7-16(8-6-14)20(2)3)13-15-11-17(23)22-9-10-24-18(22)19-15/h5-11H,4,12-13H2,1-3H3. The SMILES string of the molecule is CCN(Cc1ccc(N(C)C)cc1)Cc1cc(=O)n2ccsc2n1. The van der Waals surface area contributed by atoms with E-state index in [-0.39, 0.29) is 5.56 Å². The van der Waals surface area contributed by atoms with Crippen molar-refractivity contribution in [2.45, 2.75) is 20.0 Å². The van der Waals surface area contributed by atoms with Crippen molar-refractivity contribution in [3.8, 4) is 0 Å². The second-order valence-corrected chi connectivity index (χ2v) is 6.88. The Bertz CT molecular complexity index is 867. The summed E-state index contributed by atoms with van der Waals surface area (Å²) in [7, 11) is 4.08. The van der Waals surface area contributed by atoms with E-state index in [0.717, 1.165) is 23.7 Å². The Morgan fingerprint density at radius 1 is 1.17 bits per heavy atom. The summed E-state index contributed by atoms with van der Waals surface area (Å²) < 4.78 is 1.59. The molecule has 1 aromatic carbocycles. The van der Waals surface area contributed by atoms with Crippen molar-refractivity contribution in [2.75, 3.05) is 25.5 Å². The number of benzene rings is 1. The molecule has 0 spiro atoms. The molecule has 5 nitrogen and oxygen atoms in total. The van der Waals surface area contributed by atoms with E-state index < -0.39 is 0 Å². The number of hydrogen-bond donors (Lipinski definition) is 0. The number of thiazole rings is 1. The van der Waals surface area contributed by atoms with E-state index >= 15 is 0 Å². The van der Waals surface area contributed by atoms with E-state index in [2.05, 4.69) is 46.0 Å². The molecule has 0 amide bonds. The Hall–Kier alpha value is -2.18. The second-order valence-electron chi connectivity index (χ2n) is 6.01. The van der Waals surface area contributed by atoms with Crippen LogP contribution in [0.4, 0.5) is 5.69 Å². The molecule has 3 rings (SSSR count). The molecule has 126 valence electrons. The predicted octanol–water partition coefficient (Wildman–Crippen LogP) is 2.84. The van der Waals surface area contributed by atoms with Crippen LogP contribution in [0, 0.1) is 0 Å². The molecule has 0 saturated carbocycles. The minimum absolute atomic E-state index is 0.0114. The number of fused-ring (bicyclic) bond motifs is 1. The van der Waals surface area contributed by atoms with Gasteiger partial charge in [0.05, 0.1) is 5.69 Å². The van der Waals surface area contributed by atoms with Gasteiger partial charge in [0.1, 0.15) is 0 Å². The summed E-state index contributed by atoms with van der Waals surface area (Å²) in [6.45, 7) is 4.55. The van der Waals surface area contributed by atoms with Gasteiger partial charge in [0.2, 0.25) is 0 Å². The summed E-state index contributed by atoms with van der Waals surface area (Å²) in [5, 5.41) is 1.89. The summed E-state index contributed by atoms with van der Waals surface area (Å²) in [6, 6.07) is 10.2. The van der Waals surface area contributed by atoms with Crippen LogP contribution in [0.5, 0.6) is 0 Å². The molecule has 0 fully saturated rings. The second kappa shape index (κ2) is 7.15. The monoisotopic (exact) mass is 342 g/mol. The molecule has 0 aliphatic heterocycles. The average molecular weight is 342 g/mol. The highest BCUT2D eigenvalue weighted by molar-refractivity contribution is 7.15. The molecule has 0 N–H and O–H groups in total. The zero-order valence-corrected chi connectivity index (χ0v) is 15.1. The van der Waals surface area contributed by atoms with Gasteiger partial charge in [0.25, 0.3) is 5.56 Å². The van der Waals surface area contributed by atoms with Crippen molar-refractivity contribution in [1.29, 1.82) is 0 Å². The minimum atomic E-state index is -0.0114. The van der Waals surface area contributed by atoms with E-state index in [9.17, 15) is 4.79 Å². The molecule has 0 saturated heterocycles. The summed E-state index contributed by atoms with van der Waals surface area (Å²) >= 11 is 1.49. The maximum absolute atomic E-state index is 12.1. The normalized spacial score (nSPS) is 11.3. The third-order valence-corrected chi connectivity index (χ3v) is 4.80. The van der Waals surface area contributed by atoms with Gasteiger partial charge in [-0.25, -0.2) is 4.98 Å². The molecular formula is C18H22N4OS. The van der Waals surface area contributed by atoms with Crippen LogP contribution in [0.25, 0.3) is 4.96 Å². The Balaban J connectivity index is 1.74. The first kappa shape index (κ1) is 16.7. The van der Waals surface area contributed by atoms with Gasteiger partial charge in [-0.3, -0.25) is 14.1 Å². The number of anilines is 1. The Kier molecular flexibility index (Phi) is 4.97. The van der Waals surface area contributed by atoms with Crippen LogP contribution in [-0.2, 0) is 13.1 Å². The molecule has 0 atom stereocenters. The first-order valence-electron chi connectivity index (χ1n) is 8.01. The summed E-state index contributed by atoms with van der Waals surface area (Å²) in [4.78, 5) is 21.8. The van der Waals surface area contributed by atoms with Gasteiger partial charge in [-0.15, -0.1) is 11.3 Å². The lowest BCUT2D eigenvalue weighted by atomic mass is 10.2. The zero-order valence-electron chi connectivity index (χ0n) is 14.3. The summed E-state index contributed by atoms with van der Waals surface area (Å²) in [5.74, 6) is 0. The fourth-order valence-corrected chi connectivity index (χ4v) is 3.37. The molecule has 24 heavy (non-hydrogen) atoms. The maximum Gasteiger partial charge on any atom is 0.258 e. The van der Waals surface area contributed by atoms with Gasteiger partial charge in [-0.1, -0.05) is 19.1 Å². The van der Waals surface area contributed by atoms with E-state index in [0.29, 0.717) is 6.54 Å². The van der Waals surface area contributed by atoms with Crippen LogP contribution in [0.15, 0.2) is 46.7 Å². The first-order chi connectivity index (χ1) is 11.6. The molecule has 0 aliphatic carbocycles. The van der Waals surface area contributed by atoms with Crippen molar-refractivity contribution < 1.29 is 0 Å². The number of aromatic nitrogens is 2. The Labute approximate surface area is 145 Å². The molecular weight excluding hydrogens is 320 g/mol. The highest BCUT2D eigenvalue weighted by Gasteiger charge is 2.09. The fourth-order valence-electron chi connectivity index (χ4n) is 2.64. The van der Waals surface area contributed by atoms with E-state index in [1.165, 1.54) is 22.6 Å². The highest BCUT2D eigenvalue weighted by Crippen LogP contribution is 2.15. The predicted molar refractivity (Wildman–Crippen MR) is 99.9 cm³/mol. The van der Waals surface area contributed by atoms with Crippen molar-refractivity contribution >= 4 is 22.0 Å². The molecule has 2 heterocycles. The van der Waals surface area contributed by atoms with Crippen molar-refractivity contribution in [1.82, 2.24) is 14.3 Å². The Morgan fingerprint density at radius 3 is 2.58 bits per heavy atom. The quantitative estimate of drug-likeness (QED) is 0.691. The zero-order chi connectivity index (χ0) is 17.1. The molecule has 3 aromatic rings. The van der Waals surface area contributed by atoms with Crippen LogP contribution < -0.4 is 10.5 Å². The maximum atomic E-state index is 12.1. The smallest absolute Gasteiger partial charge is 0.258 e. The van der Waals surface area contributed by atoms with Crippen LogP contribution in [-0.4, -0.2) is 34.9 Å². The van der Waals surface area contributed by atoms with Crippen molar-refractivity contribution in [2.24, 2.45) is 0 Å². The van der Waals surface area contributed by atoms with Gasteiger partial charge < -0.3 is 4.90 Å².